The molecule has 1 aliphatic heterocycles. The molecule has 4 bridgehead atoms. The van der Waals surface area contributed by atoms with Crippen LogP contribution in [0.2, 0.25) is 0 Å². The predicted octanol–water partition coefficient (Wildman–Crippen LogP) is 14.8. The summed E-state index contributed by atoms with van der Waals surface area (Å²) < 4.78 is 0. The Morgan fingerprint density at radius 2 is 1.08 bits per heavy atom. The van der Waals surface area contributed by atoms with Crippen molar-refractivity contribution < 1.29 is 0 Å². The van der Waals surface area contributed by atoms with Gasteiger partial charge in [-0.2, -0.15) is 0 Å². The van der Waals surface area contributed by atoms with Gasteiger partial charge < -0.3 is 9.80 Å². The Hall–Kier alpha value is -4.47. The van der Waals surface area contributed by atoms with E-state index >= 15 is 0 Å². The first-order valence-corrected chi connectivity index (χ1v) is 21.2. The van der Waals surface area contributed by atoms with E-state index in [1.165, 1.54) is 131 Å². The van der Waals surface area contributed by atoms with E-state index in [0.29, 0.717) is 11.3 Å². The van der Waals surface area contributed by atoms with Crippen molar-refractivity contribution in [2.24, 2.45) is 17.8 Å². The van der Waals surface area contributed by atoms with Crippen LogP contribution >= 0.6 is 11.8 Å². The zero-order valence-corrected chi connectivity index (χ0v) is 31.4. The molecule has 0 amide bonds. The van der Waals surface area contributed by atoms with Gasteiger partial charge in [0.25, 0.3) is 0 Å². The van der Waals surface area contributed by atoms with Crippen LogP contribution in [-0.2, 0) is 5.41 Å². The zero-order chi connectivity index (χ0) is 34.9. The van der Waals surface area contributed by atoms with Crippen LogP contribution in [0.3, 0.4) is 0 Å². The Labute approximate surface area is 319 Å². The van der Waals surface area contributed by atoms with Crippen molar-refractivity contribution in [2.75, 3.05) is 9.80 Å². The second kappa shape index (κ2) is 12.8. The smallest absolute Gasteiger partial charge is 0.0601 e. The van der Waals surface area contributed by atoms with Crippen molar-refractivity contribution in [3.63, 3.8) is 0 Å². The average Bonchev–Trinajstić information content (AvgIpc) is 3.20. The number of anilines is 6. The van der Waals surface area contributed by atoms with E-state index in [0.717, 1.165) is 17.8 Å². The lowest BCUT2D eigenvalue weighted by Gasteiger charge is -2.57. The molecule has 0 radical (unpaired) electrons. The van der Waals surface area contributed by atoms with E-state index in [2.05, 4.69) is 143 Å². The SMILES string of the molecule is c1ccc2c(c1)Sc1ccccc1N2c1ccc(N(c2ccc(C34CC5CC(CC(C5)C3)C4)cc2)c2ccc(C3CCCCC3)c3ccccc23)cc1. The number of rotatable bonds is 6. The van der Waals surface area contributed by atoms with Gasteiger partial charge in [0.1, 0.15) is 0 Å². The van der Waals surface area contributed by atoms with Gasteiger partial charge in [-0.1, -0.05) is 97.8 Å². The summed E-state index contributed by atoms with van der Waals surface area (Å²) in [7, 11) is 0. The highest BCUT2D eigenvalue weighted by atomic mass is 32.2. The summed E-state index contributed by atoms with van der Waals surface area (Å²) in [5.74, 6) is 3.50. The van der Waals surface area contributed by atoms with Crippen molar-refractivity contribution >= 4 is 56.7 Å². The molecule has 0 spiro atoms. The van der Waals surface area contributed by atoms with E-state index in [1.807, 2.05) is 11.8 Å². The van der Waals surface area contributed by atoms with E-state index < -0.39 is 0 Å². The van der Waals surface area contributed by atoms with Crippen LogP contribution in [0.25, 0.3) is 10.8 Å². The van der Waals surface area contributed by atoms with Gasteiger partial charge in [-0.25, -0.2) is 0 Å². The van der Waals surface area contributed by atoms with Crippen molar-refractivity contribution in [1.82, 2.24) is 0 Å². The van der Waals surface area contributed by atoms with Crippen LogP contribution in [-0.4, -0.2) is 0 Å². The first-order chi connectivity index (χ1) is 26.2. The zero-order valence-electron chi connectivity index (χ0n) is 30.6. The third-order valence-electron chi connectivity index (χ3n) is 13.8. The van der Waals surface area contributed by atoms with Crippen LogP contribution in [0.4, 0.5) is 34.1 Å². The lowest BCUT2D eigenvalue weighted by atomic mass is 9.48. The summed E-state index contributed by atoms with van der Waals surface area (Å²) in [6.07, 6.45) is 15.3. The van der Waals surface area contributed by atoms with Gasteiger partial charge in [0.15, 0.2) is 0 Å². The molecule has 3 heteroatoms. The molecule has 0 atom stereocenters. The Bertz CT molecular complexity index is 2220. The van der Waals surface area contributed by atoms with Crippen LogP contribution in [0, 0.1) is 17.8 Å². The summed E-state index contributed by atoms with van der Waals surface area (Å²) >= 11 is 1.86. The van der Waals surface area contributed by atoms with Crippen molar-refractivity contribution in [3.05, 3.63) is 145 Å². The maximum Gasteiger partial charge on any atom is 0.0601 e. The van der Waals surface area contributed by atoms with Gasteiger partial charge in [-0.05, 0) is 164 Å². The molecule has 5 saturated carbocycles. The summed E-state index contributed by atoms with van der Waals surface area (Å²) in [4.78, 5) is 7.55. The Kier molecular flexibility index (Phi) is 7.75. The van der Waals surface area contributed by atoms with E-state index in [-0.39, 0.29) is 0 Å². The lowest BCUT2D eigenvalue weighted by molar-refractivity contribution is -0.00518. The largest absolute Gasteiger partial charge is 0.310 e. The third kappa shape index (κ3) is 5.44. The predicted molar refractivity (Wildman–Crippen MR) is 223 cm³/mol. The minimum Gasteiger partial charge on any atom is -0.310 e. The third-order valence-corrected chi connectivity index (χ3v) is 14.9. The van der Waals surface area contributed by atoms with Crippen molar-refractivity contribution in [1.29, 1.82) is 0 Å². The normalized spacial score (nSPS) is 24.6. The molecule has 0 saturated heterocycles. The highest BCUT2D eigenvalue weighted by Crippen LogP contribution is 2.61. The molecule has 0 N–H and O–H groups in total. The van der Waals surface area contributed by atoms with Gasteiger partial charge >= 0.3 is 0 Å². The maximum absolute atomic E-state index is 2.54. The monoisotopic (exact) mass is 708 g/mol. The lowest BCUT2D eigenvalue weighted by Crippen LogP contribution is -2.48. The van der Waals surface area contributed by atoms with Gasteiger partial charge in [0.05, 0.1) is 17.1 Å². The summed E-state index contributed by atoms with van der Waals surface area (Å²) in [6, 6.07) is 51.0. The Morgan fingerprint density at radius 1 is 0.528 bits per heavy atom. The fraction of sp³-hybridized carbons (Fsp3) is 0.320. The maximum atomic E-state index is 2.54. The van der Waals surface area contributed by atoms with Crippen molar-refractivity contribution in [3.8, 4) is 0 Å². The molecule has 6 aromatic rings. The van der Waals surface area contributed by atoms with Gasteiger partial charge in [0.2, 0.25) is 0 Å². The van der Waals surface area contributed by atoms with Crippen LogP contribution in [0.1, 0.15) is 87.7 Å². The molecule has 0 unspecified atom stereocenters. The second-order valence-corrected chi connectivity index (χ2v) is 18.1. The van der Waals surface area contributed by atoms with Gasteiger partial charge in [-0.3, -0.25) is 0 Å². The van der Waals surface area contributed by atoms with Gasteiger partial charge in [0, 0.05) is 32.2 Å². The topological polar surface area (TPSA) is 6.48 Å². The Balaban J connectivity index is 1.02. The number of fused-ring (bicyclic) bond motifs is 3. The van der Waals surface area contributed by atoms with Crippen molar-refractivity contribution in [2.45, 2.75) is 91.8 Å². The number of hydrogen-bond acceptors (Lipinski definition) is 3. The minimum atomic E-state index is 0.396. The highest BCUT2D eigenvalue weighted by molar-refractivity contribution is 7.99. The van der Waals surface area contributed by atoms with Gasteiger partial charge in [-0.15, -0.1) is 0 Å². The Morgan fingerprint density at radius 3 is 1.70 bits per heavy atom. The number of para-hydroxylation sites is 2. The number of hydrogen-bond donors (Lipinski definition) is 0. The quantitative estimate of drug-likeness (QED) is 0.170. The van der Waals surface area contributed by atoms with E-state index in [4.69, 9.17) is 0 Å². The highest BCUT2D eigenvalue weighted by Gasteiger charge is 2.51. The summed E-state index contributed by atoms with van der Waals surface area (Å²) in [6.45, 7) is 0. The van der Waals surface area contributed by atoms with Crippen LogP contribution in [0.15, 0.2) is 143 Å². The molecule has 2 nitrogen and oxygen atoms in total. The fourth-order valence-electron chi connectivity index (χ4n) is 11.9. The minimum absolute atomic E-state index is 0.396. The molecule has 6 aromatic carbocycles. The number of nitrogens with zero attached hydrogens (tertiary/aromatic N) is 2. The molecule has 5 aliphatic carbocycles. The van der Waals surface area contributed by atoms with E-state index in [9.17, 15) is 0 Å². The molecule has 53 heavy (non-hydrogen) atoms. The fourth-order valence-corrected chi connectivity index (χ4v) is 12.9. The molecule has 1 heterocycles. The second-order valence-electron chi connectivity index (χ2n) is 17.0. The summed E-state index contributed by atoms with van der Waals surface area (Å²) in [5, 5.41) is 2.77. The molecular formula is C50H48N2S. The average molecular weight is 709 g/mol. The first kappa shape index (κ1) is 32.0. The first-order valence-electron chi connectivity index (χ1n) is 20.4. The molecule has 0 aromatic heterocycles. The number of benzene rings is 6. The molecule has 12 rings (SSSR count). The van der Waals surface area contributed by atoms with Crippen LogP contribution < -0.4 is 9.80 Å². The standard InChI is InChI=1S/C50H48N2S/c1-2-10-37(11-3-1)42-26-27-45(44-13-5-4-12-43(42)44)51(39-20-18-38(19-21-39)50-31-34-28-35(32-50)30-36(29-34)33-50)40-22-24-41(25-23-40)52-46-14-6-8-16-48(46)53-49-17-9-7-15-47(49)52/h4-9,12-27,34-37H,1-3,10-11,28-33H2. The molecule has 264 valence electrons. The van der Waals surface area contributed by atoms with Crippen LogP contribution in [0.5, 0.6) is 0 Å². The molecular weight excluding hydrogens is 661 g/mol. The van der Waals surface area contributed by atoms with E-state index in [1.54, 1.807) is 5.56 Å². The molecule has 6 aliphatic rings. The summed E-state index contributed by atoms with van der Waals surface area (Å²) in [5.41, 5.74) is 10.9. The molecule has 5 fully saturated rings.